The largest absolute Gasteiger partial charge is 0.481 e. The molecule has 2 atom stereocenters. The van der Waals surface area contributed by atoms with Crippen LogP contribution in [0.2, 0.25) is 0 Å². The van der Waals surface area contributed by atoms with E-state index in [1.54, 1.807) is 13.8 Å². The first-order chi connectivity index (χ1) is 7.52. The van der Waals surface area contributed by atoms with Gasteiger partial charge in [0.05, 0.1) is 5.92 Å². The fraction of sp³-hybridized carbons (Fsp3) is 0.385. The summed E-state index contributed by atoms with van der Waals surface area (Å²) in [7, 11) is 0. The number of hydrogen-bond donors (Lipinski definition) is 1. The monoisotopic (exact) mass is 220 g/mol. The van der Waals surface area contributed by atoms with E-state index in [0.29, 0.717) is 6.42 Å². The van der Waals surface area contributed by atoms with Crippen LogP contribution in [0.25, 0.3) is 0 Å². The van der Waals surface area contributed by atoms with Crippen molar-refractivity contribution in [2.75, 3.05) is 0 Å². The van der Waals surface area contributed by atoms with Gasteiger partial charge in [0.1, 0.15) is 5.78 Å². The Morgan fingerprint density at radius 1 is 1.12 bits per heavy atom. The smallest absolute Gasteiger partial charge is 0.306 e. The maximum Gasteiger partial charge on any atom is 0.306 e. The third kappa shape index (κ3) is 3.19. The van der Waals surface area contributed by atoms with Crippen LogP contribution in [-0.2, 0) is 16.0 Å². The highest BCUT2D eigenvalue weighted by molar-refractivity contribution is 5.87. The molecule has 0 fully saturated rings. The SMILES string of the molecule is C[C@H](C(=O)Cc1ccccc1)[C@@H](C)C(=O)O. The Morgan fingerprint density at radius 2 is 1.69 bits per heavy atom. The zero-order chi connectivity index (χ0) is 12.1. The van der Waals surface area contributed by atoms with Gasteiger partial charge >= 0.3 is 5.97 Å². The van der Waals surface area contributed by atoms with Gasteiger partial charge in [0.25, 0.3) is 0 Å². The van der Waals surface area contributed by atoms with Gasteiger partial charge in [-0.15, -0.1) is 0 Å². The van der Waals surface area contributed by atoms with Crippen molar-refractivity contribution >= 4 is 11.8 Å². The minimum absolute atomic E-state index is 0.0268. The molecule has 0 aliphatic carbocycles. The summed E-state index contributed by atoms with van der Waals surface area (Å²) in [6.07, 6.45) is 0.305. The van der Waals surface area contributed by atoms with Gasteiger partial charge < -0.3 is 5.11 Å². The van der Waals surface area contributed by atoms with Crippen molar-refractivity contribution in [1.82, 2.24) is 0 Å². The summed E-state index contributed by atoms with van der Waals surface area (Å²) in [6, 6.07) is 9.37. The summed E-state index contributed by atoms with van der Waals surface area (Å²) in [6.45, 7) is 3.24. The van der Waals surface area contributed by atoms with E-state index < -0.39 is 17.8 Å². The molecule has 0 aliphatic heterocycles. The van der Waals surface area contributed by atoms with Crippen molar-refractivity contribution in [3.05, 3.63) is 35.9 Å². The highest BCUT2D eigenvalue weighted by Gasteiger charge is 2.25. The lowest BCUT2D eigenvalue weighted by Gasteiger charge is -2.14. The average Bonchev–Trinajstić information content (AvgIpc) is 2.28. The molecule has 0 saturated heterocycles. The molecule has 0 saturated carbocycles. The molecule has 0 aromatic heterocycles. The number of carbonyl (C=O) groups excluding carboxylic acids is 1. The number of ketones is 1. The second-order valence-electron chi connectivity index (χ2n) is 4.04. The molecule has 1 rings (SSSR count). The quantitative estimate of drug-likeness (QED) is 0.827. The van der Waals surface area contributed by atoms with Gasteiger partial charge in [-0.2, -0.15) is 0 Å². The summed E-state index contributed by atoms with van der Waals surface area (Å²) in [5, 5.41) is 8.82. The molecule has 0 heterocycles. The highest BCUT2D eigenvalue weighted by Crippen LogP contribution is 2.15. The summed E-state index contributed by atoms with van der Waals surface area (Å²) in [5.74, 6) is -2.02. The van der Waals surface area contributed by atoms with Crippen LogP contribution in [0, 0.1) is 11.8 Å². The molecular formula is C13H16O3. The minimum atomic E-state index is -0.922. The lowest BCUT2D eigenvalue weighted by atomic mass is 9.89. The summed E-state index contributed by atoms with van der Waals surface area (Å²) in [4.78, 5) is 22.5. The van der Waals surface area contributed by atoms with Gasteiger partial charge in [-0.25, -0.2) is 0 Å². The molecule has 0 spiro atoms. The lowest BCUT2D eigenvalue weighted by molar-refractivity contribution is -0.145. The standard InChI is InChI=1S/C13H16O3/c1-9(10(2)13(15)16)12(14)8-11-6-4-3-5-7-11/h3-7,9-10H,8H2,1-2H3,(H,15,16)/t9-,10+/m0/s1. The molecule has 0 unspecified atom stereocenters. The van der Waals surface area contributed by atoms with Crippen molar-refractivity contribution < 1.29 is 14.7 Å². The number of aliphatic carboxylic acids is 1. The third-order valence-electron chi connectivity index (χ3n) is 2.87. The van der Waals surface area contributed by atoms with E-state index in [1.807, 2.05) is 30.3 Å². The van der Waals surface area contributed by atoms with Crippen LogP contribution in [0.3, 0.4) is 0 Å². The predicted octanol–water partition coefficient (Wildman–Crippen LogP) is 2.15. The zero-order valence-electron chi connectivity index (χ0n) is 9.51. The van der Waals surface area contributed by atoms with Crippen molar-refractivity contribution in [2.24, 2.45) is 11.8 Å². The molecule has 1 N–H and O–H groups in total. The van der Waals surface area contributed by atoms with E-state index in [2.05, 4.69) is 0 Å². The predicted molar refractivity (Wildman–Crippen MR) is 61.1 cm³/mol. The second kappa shape index (κ2) is 5.45. The molecule has 0 aliphatic rings. The molecule has 1 aromatic rings. The summed E-state index contributed by atoms with van der Waals surface area (Å²) in [5.41, 5.74) is 0.928. The van der Waals surface area contributed by atoms with Gasteiger partial charge in [-0.05, 0) is 5.56 Å². The summed E-state index contributed by atoms with van der Waals surface area (Å²) >= 11 is 0. The van der Waals surface area contributed by atoms with Crippen LogP contribution in [-0.4, -0.2) is 16.9 Å². The van der Waals surface area contributed by atoms with Gasteiger partial charge in [-0.1, -0.05) is 44.2 Å². The average molecular weight is 220 g/mol. The van der Waals surface area contributed by atoms with Crippen LogP contribution in [0.15, 0.2) is 30.3 Å². The number of Topliss-reactive ketones (excluding diaryl/α,β-unsaturated/α-hetero) is 1. The van der Waals surface area contributed by atoms with Gasteiger partial charge in [0.15, 0.2) is 0 Å². The van der Waals surface area contributed by atoms with Crippen molar-refractivity contribution in [3.63, 3.8) is 0 Å². The molecular weight excluding hydrogens is 204 g/mol. The van der Waals surface area contributed by atoms with Crippen molar-refractivity contribution in [3.8, 4) is 0 Å². The van der Waals surface area contributed by atoms with E-state index in [4.69, 9.17) is 5.11 Å². The third-order valence-corrected chi connectivity index (χ3v) is 2.87. The van der Waals surface area contributed by atoms with E-state index in [9.17, 15) is 9.59 Å². The molecule has 0 amide bonds. The second-order valence-corrected chi connectivity index (χ2v) is 4.04. The first kappa shape index (κ1) is 12.4. The first-order valence-electron chi connectivity index (χ1n) is 5.32. The number of carboxylic acids is 1. The van der Waals surface area contributed by atoms with Crippen LogP contribution >= 0.6 is 0 Å². The number of benzene rings is 1. The van der Waals surface area contributed by atoms with E-state index >= 15 is 0 Å². The summed E-state index contributed by atoms with van der Waals surface area (Å²) < 4.78 is 0. The molecule has 0 radical (unpaired) electrons. The Hall–Kier alpha value is -1.64. The molecule has 1 aromatic carbocycles. The van der Waals surface area contributed by atoms with Crippen molar-refractivity contribution in [2.45, 2.75) is 20.3 Å². The lowest BCUT2D eigenvalue weighted by Crippen LogP contribution is -2.26. The van der Waals surface area contributed by atoms with Gasteiger partial charge in [0, 0.05) is 12.3 Å². The Bertz CT molecular complexity index is 370. The van der Waals surface area contributed by atoms with E-state index in [0.717, 1.165) is 5.56 Å². The minimum Gasteiger partial charge on any atom is -0.481 e. The highest BCUT2D eigenvalue weighted by atomic mass is 16.4. The number of rotatable bonds is 5. The molecule has 86 valence electrons. The zero-order valence-corrected chi connectivity index (χ0v) is 9.51. The Labute approximate surface area is 95.1 Å². The number of carboxylic acid groups (broad SMARTS) is 1. The Balaban J connectivity index is 2.63. The number of carbonyl (C=O) groups is 2. The molecule has 3 heteroatoms. The van der Waals surface area contributed by atoms with Crippen LogP contribution in [0.4, 0.5) is 0 Å². The molecule has 3 nitrogen and oxygen atoms in total. The maximum atomic E-state index is 11.8. The first-order valence-corrected chi connectivity index (χ1v) is 5.32. The number of hydrogen-bond acceptors (Lipinski definition) is 2. The van der Waals surface area contributed by atoms with Crippen molar-refractivity contribution in [1.29, 1.82) is 0 Å². The van der Waals surface area contributed by atoms with Crippen LogP contribution in [0.1, 0.15) is 19.4 Å². The van der Waals surface area contributed by atoms with Crippen LogP contribution < -0.4 is 0 Å². The van der Waals surface area contributed by atoms with Gasteiger partial charge in [0.2, 0.25) is 0 Å². The van der Waals surface area contributed by atoms with Crippen LogP contribution in [0.5, 0.6) is 0 Å². The maximum absolute atomic E-state index is 11.8. The molecule has 0 bridgehead atoms. The van der Waals surface area contributed by atoms with E-state index in [1.165, 1.54) is 0 Å². The Morgan fingerprint density at radius 3 is 2.19 bits per heavy atom. The van der Waals surface area contributed by atoms with E-state index in [-0.39, 0.29) is 5.78 Å². The normalized spacial score (nSPS) is 14.1. The molecule has 16 heavy (non-hydrogen) atoms. The fourth-order valence-corrected chi connectivity index (χ4v) is 1.45. The van der Waals surface area contributed by atoms with Gasteiger partial charge in [-0.3, -0.25) is 9.59 Å². The Kier molecular flexibility index (Phi) is 4.23. The fourth-order valence-electron chi connectivity index (χ4n) is 1.45. The topological polar surface area (TPSA) is 54.4 Å².